The molecule has 0 aromatic heterocycles. The monoisotopic (exact) mass is 429 g/mol. The minimum atomic E-state index is -0.597. The predicted octanol–water partition coefficient (Wildman–Crippen LogP) is 3.45. The van der Waals surface area contributed by atoms with Crippen molar-refractivity contribution in [2.45, 2.75) is 19.9 Å². The summed E-state index contributed by atoms with van der Waals surface area (Å²) in [4.78, 5) is 30.1. The highest BCUT2D eigenvalue weighted by Crippen LogP contribution is 2.22. The van der Waals surface area contributed by atoms with Crippen LogP contribution in [0.5, 0.6) is 5.75 Å². The fourth-order valence-electron chi connectivity index (χ4n) is 3.62. The van der Waals surface area contributed by atoms with Crippen LogP contribution in [0.15, 0.2) is 48.5 Å². The summed E-state index contributed by atoms with van der Waals surface area (Å²) in [6, 6.07) is 14.1. The van der Waals surface area contributed by atoms with E-state index in [1.807, 2.05) is 43.0 Å². The van der Waals surface area contributed by atoms with Gasteiger partial charge in [0.05, 0.1) is 12.7 Å². The maximum absolute atomic E-state index is 13.2. The van der Waals surface area contributed by atoms with Gasteiger partial charge in [0.2, 0.25) is 5.91 Å². The molecule has 160 valence electrons. The van der Waals surface area contributed by atoms with Crippen LogP contribution in [0.3, 0.4) is 0 Å². The van der Waals surface area contributed by atoms with Crippen molar-refractivity contribution in [2.24, 2.45) is 5.92 Å². The van der Waals surface area contributed by atoms with Gasteiger partial charge in [-0.1, -0.05) is 43.6 Å². The lowest BCUT2D eigenvalue weighted by Gasteiger charge is -2.38. The second-order valence-electron chi connectivity index (χ2n) is 7.69. The fraction of sp³-hybridized carbons (Fsp3) is 0.391. The third-order valence-electron chi connectivity index (χ3n) is 5.34. The SMILES string of the molecule is COc1ccccc1C(=O)NC(C(=O)N1CCN(c2cccc(Cl)c2)CC1)C(C)C. The Hall–Kier alpha value is -2.73. The van der Waals surface area contributed by atoms with Gasteiger partial charge in [0.15, 0.2) is 0 Å². The van der Waals surface area contributed by atoms with E-state index in [2.05, 4.69) is 10.2 Å². The largest absolute Gasteiger partial charge is 0.496 e. The van der Waals surface area contributed by atoms with Gasteiger partial charge in [-0.05, 0) is 36.2 Å². The molecule has 0 spiro atoms. The van der Waals surface area contributed by atoms with Crippen molar-refractivity contribution in [3.8, 4) is 5.75 Å². The molecule has 0 saturated carbocycles. The molecule has 30 heavy (non-hydrogen) atoms. The Morgan fingerprint density at radius 2 is 1.73 bits per heavy atom. The van der Waals surface area contributed by atoms with Crippen molar-refractivity contribution in [2.75, 3.05) is 38.2 Å². The zero-order chi connectivity index (χ0) is 21.7. The van der Waals surface area contributed by atoms with Crippen molar-refractivity contribution in [1.29, 1.82) is 0 Å². The molecule has 6 nitrogen and oxygen atoms in total. The van der Waals surface area contributed by atoms with Crippen LogP contribution in [0.25, 0.3) is 0 Å². The van der Waals surface area contributed by atoms with Gasteiger partial charge in [-0.2, -0.15) is 0 Å². The highest BCUT2D eigenvalue weighted by atomic mass is 35.5. The molecule has 3 rings (SSSR count). The zero-order valence-corrected chi connectivity index (χ0v) is 18.4. The molecule has 1 aliphatic heterocycles. The third kappa shape index (κ3) is 5.05. The van der Waals surface area contributed by atoms with E-state index in [-0.39, 0.29) is 17.7 Å². The number of piperazine rings is 1. The van der Waals surface area contributed by atoms with E-state index in [4.69, 9.17) is 16.3 Å². The van der Waals surface area contributed by atoms with Crippen LogP contribution in [0.2, 0.25) is 5.02 Å². The number of benzene rings is 2. The molecular weight excluding hydrogens is 402 g/mol. The zero-order valence-electron chi connectivity index (χ0n) is 17.6. The van der Waals surface area contributed by atoms with E-state index in [9.17, 15) is 9.59 Å². The van der Waals surface area contributed by atoms with Crippen LogP contribution in [-0.2, 0) is 4.79 Å². The van der Waals surface area contributed by atoms with Gasteiger partial charge in [0.1, 0.15) is 11.8 Å². The van der Waals surface area contributed by atoms with Crippen LogP contribution in [0.1, 0.15) is 24.2 Å². The van der Waals surface area contributed by atoms with Crippen molar-refractivity contribution < 1.29 is 14.3 Å². The number of methoxy groups -OCH3 is 1. The summed E-state index contributed by atoms with van der Waals surface area (Å²) >= 11 is 6.10. The maximum atomic E-state index is 13.2. The average molecular weight is 430 g/mol. The Kier molecular flexibility index (Phi) is 7.21. The number of carbonyl (C=O) groups excluding carboxylic acids is 2. The van der Waals surface area contributed by atoms with Crippen LogP contribution < -0.4 is 15.0 Å². The van der Waals surface area contributed by atoms with Crippen molar-refractivity contribution in [3.05, 3.63) is 59.1 Å². The van der Waals surface area contributed by atoms with Gasteiger partial charge in [0.25, 0.3) is 5.91 Å². The molecule has 1 aliphatic rings. The number of para-hydroxylation sites is 1. The molecule has 1 atom stereocenters. The standard InChI is InChI=1S/C23H28ClN3O3/c1-16(2)21(25-22(28)19-9-4-5-10-20(19)30-3)23(29)27-13-11-26(12-14-27)18-8-6-7-17(24)15-18/h4-10,15-16,21H,11-14H2,1-3H3,(H,25,28). The molecule has 1 unspecified atom stereocenters. The second kappa shape index (κ2) is 9.85. The molecule has 2 aromatic rings. The van der Waals surface area contributed by atoms with Crippen molar-refractivity contribution in [1.82, 2.24) is 10.2 Å². The van der Waals surface area contributed by atoms with Crippen LogP contribution in [0, 0.1) is 5.92 Å². The first-order valence-electron chi connectivity index (χ1n) is 10.1. The van der Waals surface area contributed by atoms with E-state index in [0.717, 1.165) is 18.8 Å². The van der Waals surface area contributed by atoms with Gasteiger partial charge in [-0.3, -0.25) is 9.59 Å². The van der Waals surface area contributed by atoms with E-state index < -0.39 is 6.04 Å². The van der Waals surface area contributed by atoms with Crippen LogP contribution >= 0.6 is 11.6 Å². The van der Waals surface area contributed by atoms with E-state index in [0.29, 0.717) is 29.4 Å². The Labute approximate surface area is 182 Å². The lowest BCUT2D eigenvalue weighted by Crippen LogP contribution is -2.56. The summed E-state index contributed by atoms with van der Waals surface area (Å²) < 4.78 is 5.28. The molecule has 7 heteroatoms. The predicted molar refractivity (Wildman–Crippen MR) is 119 cm³/mol. The number of anilines is 1. The third-order valence-corrected chi connectivity index (χ3v) is 5.57. The van der Waals surface area contributed by atoms with E-state index >= 15 is 0 Å². The molecule has 0 radical (unpaired) electrons. The Bertz CT molecular complexity index is 895. The number of nitrogens with one attached hydrogen (secondary N) is 1. The first-order valence-corrected chi connectivity index (χ1v) is 10.5. The number of carbonyl (C=O) groups is 2. The number of hydrogen-bond acceptors (Lipinski definition) is 4. The molecule has 1 fully saturated rings. The average Bonchev–Trinajstić information content (AvgIpc) is 2.76. The molecule has 0 bridgehead atoms. The topological polar surface area (TPSA) is 61.9 Å². The number of nitrogens with zero attached hydrogens (tertiary/aromatic N) is 2. The number of halogens is 1. The van der Waals surface area contributed by atoms with Gasteiger partial charge in [0, 0.05) is 36.9 Å². The number of rotatable bonds is 6. The second-order valence-corrected chi connectivity index (χ2v) is 8.12. The minimum absolute atomic E-state index is 0.0397. The maximum Gasteiger partial charge on any atom is 0.255 e. The summed E-state index contributed by atoms with van der Waals surface area (Å²) in [5, 5.41) is 3.61. The summed E-state index contributed by atoms with van der Waals surface area (Å²) in [6.07, 6.45) is 0. The molecule has 0 aliphatic carbocycles. The molecule has 1 heterocycles. The van der Waals surface area contributed by atoms with Crippen molar-refractivity contribution in [3.63, 3.8) is 0 Å². The summed E-state index contributed by atoms with van der Waals surface area (Å²) in [5.41, 5.74) is 1.48. The molecule has 1 saturated heterocycles. The highest BCUT2D eigenvalue weighted by molar-refractivity contribution is 6.30. The first-order chi connectivity index (χ1) is 14.4. The normalized spacial score (nSPS) is 15.1. The summed E-state index contributed by atoms with van der Waals surface area (Å²) in [7, 11) is 1.52. The molecular formula is C23H28ClN3O3. The van der Waals surface area contributed by atoms with Gasteiger partial charge >= 0.3 is 0 Å². The van der Waals surface area contributed by atoms with Crippen molar-refractivity contribution >= 4 is 29.1 Å². The Morgan fingerprint density at radius 3 is 2.37 bits per heavy atom. The fourth-order valence-corrected chi connectivity index (χ4v) is 3.80. The minimum Gasteiger partial charge on any atom is -0.496 e. The van der Waals surface area contributed by atoms with Crippen LogP contribution in [-0.4, -0.2) is 56.0 Å². The molecule has 1 N–H and O–H groups in total. The highest BCUT2D eigenvalue weighted by Gasteiger charge is 2.31. The van der Waals surface area contributed by atoms with Crippen LogP contribution in [0.4, 0.5) is 5.69 Å². The van der Waals surface area contributed by atoms with E-state index in [1.54, 1.807) is 24.3 Å². The van der Waals surface area contributed by atoms with Gasteiger partial charge in [-0.25, -0.2) is 0 Å². The summed E-state index contributed by atoms with van der Waals surface area (Å²) in [6.45, 7) is 6.51. The quantitative estimate of drug-likeness (QED) is 0.764. The number of ether oxygens (including phenoxy) is 1. The molecule has 2 aromatic carbocycles. The smallest absolute Gasteiger partial charge is 0.255 e. The Morgan fingerprint density at radius 1 is 1.03 bits per heavy atom. The van der Waals surface area contributed by atoms with E-state index in [1.165, 1.54) is 7.11 Å². The molecule has 2 amide bonds. The number of hydrogen-bond donors (Lipinski definition) is 1. The number of amides is 2. The summed E-state index contributed by atoms with van der Waals surface area (Å²) in [5.74, 6) is 0.0817. The van der Waals surface area contributed by atoms with Gasteiger partial charge < -0.3 is 19.9 Å². The van der Waals surface area contributed by atoms with Gasteiger partial charge in [-0.15, -0.1) is 0 Å². The lowest BCUT2D eigenvalue weighted by molar-refractivity contribution is -0.134. The Balaban J connectivity index is 1.65. The first kappa shape index (κ1) is 22.0. The lowest BCUT2D eigenvalue weighted by atomic mass is 10.0.